The predicted molar refractivity (Wildman–Crippen MR) is 111 cm³/mol. The average Bonchev–Trinajstić information content (AvgIpc) is 3.32. The predicted octanol–water partition coefficient (Wildman–Crippen LogP) is 4.68. The summed E-state index contributed by atoms with van der Waals surface area (Å²) in [6.45, 7) is 3.55. The molecule has 7 nitrogen and oxygen atoms in total. The van der Waals surface area contributed by atoms with Gasteiger partial charge in [-0.2, -0.15) is 13.2 Å². The molecule has 156 valence electrons. The van der Waals surface area contributed by atoms with Crippen molar-refractivity contribution in [2.45, 2.75) is 37.6 Å². The van der Waals surface area contributed by atoms with Crippen molar-refractivity contribution in [1.82, 2.24) is 5.16 Å². The van der Waals surface area contributed by atoms with Gasteiger partial charge in [-0.25, -0.2) is 0 Å². The van der Waals surface area contributed by atoms with Gasteiger partial charge in [-0.15, -0.1) is 3.89 Å². The number of rotatable bonds is 4. The van der Waals surface area contributed by atoms with Crippen LogP contribution in [0.1, 0.15) is 25.5 Å². The Morgan fingerprint density at radius 1 is 1.10 bits per heavy atom. The topological polar surface area (TPSA) is 97.5 Å². The van der Waals surface area contributed by atoms with Gasteiger partial charge in [0.15, 0.2) is 0 Å². The summed E-state index contributed by atoms with van der Waals surface area (Å²) < 4.78 is 31.1. The summed E-state index contributed by atoms with van der Waals surface area (Å²) in [5.74, 6) is 0.617. The SMILES string of the molecule is Cc1onc(-c2ccccc2)c1-c1ccc(S(=O)(=O)[N+]2(C(=O)O)CCC[C@H]2C)cc1. The van der Waals surface area contributed by atoms with Crippen molar-refractivity contribution in [3.8, 4) is 22.4 Å². The molecule has 1 amide bonds. The fraction of sp³-hybridized carbons (Fsp3) is 0.273. The molecule has 1 unspecified atom stereocenters. The van der Waals surface area contributed by atoms with Crippen LogP contribution in [0.3, 0.4) is 0 Å². The molecular weight excluding hydrogens is 404 g/mol. The summed E-state index contributed by atoms with van der Waals surface area (Å²) in [7, 11) is -4.11. The van der Waals surface area contributed by atoms with E-state index in [4.69, 9.17) is 4.52 Å². The van der Waals surface area contributed by atoms with Gasteiger partial charge in [0.1, 0.15) is 28.9 Å². The second-order valence-electron chi connectivity index (χ2n) is 7.62. The van der Waals surface area contributed by atoms with Crippen molar-refractivity contribution in [3.05, 3.63) is 60.4 Å². The molecule has 3 aromatic rings. The van der Waals surface area contributed by atoms with Crippen LogP contribution >= 0.6 is 0 Å². The molecule has 30 heavy (non-hydrogen) atoms. The normalized spacial score (nSPS) is 21.6. The molecule has 0 aliphatic carbocycles. The molecule has 1 N–H and O–H groups in total. The van der Waals surface area contributed by atoms with Crippen LogP contribution < -0.4 is 0 Å². The summed E-state index contributed by atoms with van der Waals surface area (Å²) in [5, 5.41) is 14.0. The largest absolute Gasteiger partial charge is 0.529 e. The minimum Gasteiger partial charge on any atom is -0.435 e. The van der Waals surface area contributed by atoms with Gasteiger partial charge in [0.25, 0.3) is 0 Å². The molecule has 2 heterocycles. The van der Waals surface area contributed by atoms with E-state index in [2.05, 4.69) is 5.16 Å². The molecule has 0 bridgehead atoms. The highest BCUT2D eigenvalue weighted by Crippen LogP contribution is 2.38. The number of likely N-dealkylation sites (tertiary alicyclic amines) is 1. The van der Waals surface area contributed by atoms with Crippen molar-refractivity contribution in [2.75, 3.05) is 6.54 Å². The Morgan fingerprint density at radius 3 is 2.33 bits per heavy atom. The molecule has 2 atom stereocenters. The minimum atomic E-state index is -4.11. The summed E-state index contributed by atoms with van der Waals surface area (Å²) in [4.78, 5) is 12.0. The number of aryl methyl sites for hydroxylation is 1. The Balaban J connectivity index is 1.77. The van der Waals surface area contributed by atoms with Crippen molar-refractivity contribution in [3.63, 3.8) is 0 Å². The molecule has 1 aliphatic heterocycles. The van der Waals surface area contributed by atoms with Gasteiger partial charge < -0.3 is 9.63 Å². The Labute approximate surface area is 175 Å². The van der Waals surface area contributed by atoms with Gasteiger partial charge in [-0.05, 0) is 31.5 Å². The average molecular weight is 428 g/mol. The number of hydrogen-bond donors (Lipinski definition) is 1. The molecule has 0 spiro atoms. The molecule has 1 saturated heterocycles. The van der Waals surface area contributed by atoms with Gasteiger partial charge in [0.05, 0.1) is 5.56 Å². The standard InChI is InChI=1S/C22H22N2O5S/c1-15-7-6-14-24(15,22(25)26)30(27,28)19-12-10-17(11-13-19)20-16(2)29-23-21(20)18-8-4-3-5-9-18/h3-5,8-13,15H,6-7,14H2,1-2H3/p+1/t15-,24?/m1/s1. The van der Waals surface area contributed by atoms with Gasteiger partial charge in [0.2, 0.25) is 0 Å². The lowest BCUT2D eigenvalue weighted by Gasteiger charge is -2.30. The number of benzene rings is 2. The van der Waals surface area contributed by atoms with E-state index in [0.717, 1.165) is 16.7 Å². The Hall–Kier alpha value is -2.97. The fourth-order valence-corrected chi connectivity index (χ4v) is 6.29. The van der Waals surface area contributed by atoms with Gasteiger partial charge in [0, 0.05) is 18.4 Å². The maximum atomic E-state index is 13.3. The van der Waals surface area contributed by atoms with E-state index in [1.807, 2.05) is 30.3 Å². The van der Waals surface area contributed by atoms with Crippen LogP contribution in [-0.4, -0.2) is 41.2 Å². The third-order valence-electron chi connectivity index (χ3n) is 5.93. The molecule has 1 aliphatic rings. The molecule has 0 saturated carbocycles. The van der Waals surface area contributed by atoms with E-state index in [1.165, 1.54) is 12.1 Å². The number of quaternary nitrogens is 1. The number of sulfonamides is 1. The maximum absolute atomic E-state index is 13.3. The van der Waals surface area contributed by atoms with Crippen LogP contribution in [0.2, 0.25) is 0 Å². The Kier molecular flexibility index (Phi) is 4.99. The highest BCUT2D eigenvalue weighted by molar-refractivity contribution is 7.86. The monoisotopic (exact) mass is 427 g/mol. The molecule has 2 aromatic carbocycles. The van der Waals surface area contributed by atoms with Crippen LogP contribution in [0.5, 0.6) is 0 Å². The number of carbonyl (C=O) groups is 1. The number of hydrogen-bond acceptors (Lipinski definition) is 5. The van der Waals surface area contributed by atoms with Gasteiger partial charge in [-0.1, -0.05) is 47.6 Å². The highest BCUT2D eigenvalue weighted by Gasteiger charge is 2.57. The van der Waals surface area contributed by atoms with Crippen molar-refractivity contribution in [1.29, 1.82) is 0 Å². The molecule has 4 rings (SSSR count). The second kappa shape index (κ2) is 7.37. The fourth-order valence-electron chi connectivity index (χ4n) is 4.28. The van der Waals surface area contributed by atoms with Crippen molar-refractivity contribution < 1.29 is 26.7 Å². The molecule has 1 fully saturated rings. The lowest BCUT2D eigenvalue weighted by atomic mass is 10.00. The minimum absolute atomic E-state index is 0.00207. The number of carboxylic acid groups (broad SMARTS) is 1. The Morgan fingerprint density at radius 2 is 1.77 bits per heavy atom. The molecule has 1 aromatic heterocycles. The summed E-state index contributed by atoms with van der Waals surface area (Å²) in [6, 6.07) is 15.4. The van der Waals surface area contributed by atoms with Crippen LogP contribution in [0.25, 0.3) is 22.4 Å². The molecule has 0 radical (unpaired) electrons. The first-order valence-corrected chi connectivity index (χ1v) is 11.2. The van der Waals surface area contributed by atoms with E-state index in [9.17, 15) is 18.3 Å². The molecule has 8 heteroatoms. The maximum Gasteiger partial charge on any atom is 0.529 e. The first-order valence-electron chi connectivity index (χ1n) is 9.77. The zero-order valence-corrected chi connectivity index (χ0v) is 17.6. The quantitative estimate of drug-likeness (QED) is 0.607. The zero-order chi connectivity index (χ0) is 21.5. The van der Waals surface area contributed by atoms with E-state index < -0.39 is 26.0 Å². The van der Waals surface area contributed by atoms with E-state index in [1.54, 1.807) is 26.0 Å². The van der Waals surface area contributed by atoms with Crippen molar-refractivity contribution >= 4 is 16.1 Å². The first-order chi connectivity index (χ1) is 14.3. The first kappa shape index (κ1) is 20.3. The summed E-state index contributed by atoms with van der Waals surface area (Å²) in [6.07, 6.45) is -0.208. The number of aromatic nitrogens is 1. The summed E-state index contributed by atoms with van der Waals surface area (Å²) in [5.41, 5.74) is 3.10. The van der Waals surface area contributed by atoms with E-state index in [0.29, 0.717) is 24.3 Å². The van der Waals surface area contributed by atoms with Crippen molar-refractivity contribution in [2.24, 2.45) is 0 Å². The highest BCUT2D eigenvalue weighted by atomic mass is 32.2. The third-order valence-corrected chi connectivity index (χ3v) is 8.35. The Bertz CT molecular complexity index is 1190. The third kappa shape index (κ3) is 2.95. The second-order valence-corrected chi connectivity index (χ2v) is 9.69. The molecular formula is C22H23N2O5S+. The lowest BCUT2D eigenvalue weighted by Crippen LogP contribution is -2.58. The number of amides is 1. The summed E-state index contributed by atoms with van der Waals surface area (Å²) >= 11 is 0. The van der Waals surface area contributed by atoms with Crippen LogP contribution in [0.15, 0.2) is 64.0 Å². The number of nitrogens with zero attached hydrogens (tertiary/aromatic N) is 2. The van der Waals surface area contributed by atoms with Crippen LogP contribution in [-0.2, 0) is 10.0 Å². The smallest absolute Gasteiger partial charge is 0.435 e. The van der Waals surface area contributed by atoms with Gasteiger partial charge >= 0.3 is 16.1 Å². The van der Waals surface area contributed by atoms with Gasteiger partial charge in [-0.3, -0.25) is 0 Å². The van der Waals surface area contributed by atoms with Crippen LogP contribution in [0.4, 0.5) is 4.79 Å². The van der Waals surface area contributed by atoms with E-state index >= 15 is 0 Å². The van der Waals surface area contributed by atoms with E-state index in [-0.39, 0.29) is 11.4 Å². The zero-order valence-electron chi connectivity index (χ0n) is 16.8. The van der Waals surface area contributed by atoms with Crippen LogP contribution in [0, 0.1) is 6.92 Å². The lowest BCUT2D eigenvalue weighted by molar-refractivity contribution is -0.741.